The zero-order chi connectivity index (χ0) is 16.1. The van der Waals surface area contributed by atoms with Crippen molar-refractivity contribution in [2.45, 2.75) is 19.4 Å². The number of hydrogen-bond donors (Lipinski definition) is 2. The predicted octanol–water partition coefficient (Wildman–Crippen LogP) is 1.85. The van der Waals surface area contributed by atoms with Crippen LogP contribution in [0.4, 0.5) is 0 Å². The number of nitrogens with one attached hydrogen (secondary N) is 1. The maximum Gasteiger partial charge on any atom is 0.335 e. The lowest BCUT2D eigenvalue weighted by Crippen LogP contribution is -2.13. The predicted molar refractivity (Wildman–Crippen MR) is 84.0 cm³/mol. The maximum atomic E-state index is 12.3. The number of aryl methyl sites for hydroxylation is 1. The minimum absolute atomic E-state index is 0.0621. The van der Waals surface area contributed by atoms with Gasteiger partial charge in [0.05, 0.1) is 40.8 Å². The molecule has 0 spiro atoms. The largest absolute Gasteiger partial charge is 0.478 e. The van der Waals surface area contributed by atoms with Crippen molar-refractivity contribution in [2.24, 2.45) is 0 Å². The summed E-state index contributed by atoms with van der Waals surface area (Å²) in [4.78, 5) is 26.5. The molecule has 0 aliphatic carbocycles. The zero-order valence-corrected chi connectivity index (χ0v) is 12.5. The van der Waals surface area contributed by atoms with E-state index in [2.05, 4.69) is 10.1 Å². The Kier molecular flexibility index (Phi) is 2.99. The highest BCUT2D eigenvalue weighted by molar-refractivity contribution is 6.06. The summed E-state index contributed by atoms with van der Waals surface area (Å²) in [6.45, 7) is 2.92. The number of rotatable bonds is 2. The quantitative estimate of drug-likeness (QED) is 0.752. The van der Waals surface area contributed by atoms with Crippen LogP contribution < -0.4 is 5.56 Å². The fraction of sp³-hybridized carbons (Fsp3) is 0.312. The van der Waals surface area contributed by atoms with Gasteiger partial charge in [-0.2, -0.15) is 5.10 Å². The van der Waals surface area contributed by atoms with E-state index >= 15 is 0 Å². The van der Waals surface area contributed by atoms with Crippen LogP contribution in [-0.4, -0.2) is 39.1 Å². The van der Waals surface area contributed by atoms with Crippen molar-refractivity contribution < 1.29 is 14.6 Å². The highest BCUT2D eigenvalue weighted by Gasteiger charge is 2.23. The average molecular weight is 313 g/mol. The monoisotopic (exact) mass is 313 g/mol. The first-order valence-electron chi connectivity index (χ1n) is 7.41. The van der Waals surface area contributed by atoms with Crippen molar-refractivity contribution in [2.75, 3.05) is 13.2 Å². The Morgan fingerprint density at radius 1 is 1.43 bits per heavy atom. The van der Waals surface area contributed by atoms with Gasteiger partial charge in [-0.1, -0.05) is 0 Å². The molecular formula is C16H15N3O4. The molecule has 1 aliphatic rings. The van der Waals surface area contributed by atoms with Crippen LogP contribution >= 0.6 is 0 Å². The molecule has 7 heteroatoms. The summed E-state index contributed by atoms with van der Waals surface area (Å²) in [6, 6.07) is 3.37. The Morgan fingerprint density at radius 2 is 2.26 bits per heavy atom. The summed E-state index contributed by atoms with van der Waals surface area (Å²) in [5, 5.41) is 14.9. The molecule has 23 heavy (non-hydrogen) atoms. The summed E-state index contributed by atoms with van der Waals surface area (Å²) in [5.74, 6) is -0.987. The van der Waals surface area contributed by atoms with Gasteiger partial charge >= 0.3 is 5.97 Å². The third kappa shape index (κ3) is 2.04. The molecule has 4 rings (SSSR count). The molecule has 2 aromatic heterocycles. The van der Waals surface area contributed by atoms with E-state index in [1.165, 1.54) is 6.20 Å². The second kappa shape index (κ2) is 4.92. The molecule has 2 N–H and O–H groups in total. The second-order valence-corrected chi connectivity index (χ2v) is 5.84. The van der Waals surface area contributed by atoms with Crippen molar-refractivity contribution in [1.82, 2.24) is 14.8 Å². The minimum Gasteiger partial charge on any atom is -0.478 e. The molecule has 1 fully saturated rings. The lowest BCUT2D eigenvalue weighted by Gasteiger charge is -2.12. The number of carboxylic acid groups (broad SMARTS) is 1. The fourth-order valence-electron chi connectivity index (χ4n) is 3.22. The van der Waals surface area contributed by atoms with Crippen LogP contribution in [-0.2, 0) is 4.74 Å². The number of carbonyl (C=O) groups is 1. The summed E-state index contributed by atoms with van der Waals surface area (Å²) >= 11 is 0. The number of aromatic amines is 1. The molecule has 1 atom stereocenters. The third-order valence-corrected chi connectivity index (χ3v) is 4.39. The van der Waals surface area contributed by atoms with Crippen LogP contribution in [0.2, 0.25) is 0 Å². The lowest BCUT2D eigenvalue weighted by atomic mass is 10.0. The smallest absolute Gasteiger partial charge is 0.335 e. The molecule has 0 unspecified atom stereocenters. The van der Waals surface area contributed by atoms with E-state index in [0.29, 0.717) is 40.6 Å². The Balaban J connectivity index is 2.12. The summed E-state index contributed by atoms with van der Waals surface area (Å²) < 4.78 is 7.20. The van der Waals surface area contributed by atoms with Crippen LogP contribution in [0.15, 0.2) is 23.1 Å². The van der Waals surface area contributed by atoms with E-state index in [1.54, 1.807) is 23.7 Å². The third-order valence-electron chi connectivity index (χ3n) is 4.39. The molecular weight excluding hydrogens is 298 g/mol. The van der Waals surface area contributed by atoms with Crippen molar-refractivity contribution in [3.05, 3.63) is 39.8 Å². The Hall–Kier alpha value is -2.67. The number of fused-ring (bicyclic) bond motifs is 3. The SMILES string of the molecule is Cc1cc2[nH]c(=O)c3cnn([C@H]4CCOC4)c3c2cc1C(=O)O. The van der Waals surface area contributed by atoms with Crippen molar-refractivity contribution in [3.8, 4) is 0 Å². The van der Waals surface area contributed by atoms with Crippen LogP contribution in [0.1, 0.15) is 28.4 Å². The first-order valence-corrected chi connectivity index (χ1v) is 7.41. The first kappa shape index (κ1) is 14.0. The highest BCUT2D eigenvalue weighted by Crippen LogP contribution is 2.29. The number of aromatic nitrogens is 3. The lowest BCUT2D eigenvalue weighted by molar-refractivity contribution is 0.0696. The Morgan fingerprint density at radius 3 is 2.96 bits per heavy atom. The molecule has 0 radical (unpaired) electrons. The molecule has 7 nitrogen and oxygen atoms in total. The number of benzene rings is 1. The summed E-state index contributed by atoms with van der Waals surface area (Å²) in [6.07, 6.45) is 2.36. The van der Waals surface area contributed by atoms with Gasteiger partial charge in [0.1, 0.15) is 0 Å². The topological polar surface area (TPSA) is 97.2 Å². The number of pyridine rings is 1. The van der Waals surface area contributed by atoms with Crippen molar-refractivity contribution >= 4 is 27.8 Å². The van der Waals surface area contributed by atoms with Gasteiger partial charge in [-0.15, -0.1) is 0 Å². The highest BCUT2D eigenvalue weighted by atomic mass is 16.5. The van der Waals surface area contributed by atoms with E-state index < -0.39 is 5.97 Å². The molecule has 3 aromatic rings. The van der Waals surface area contributed by atoms with Crippen molar-refractivity contribution in [3.63, 3.8) is 0 Å². The maximum absolute atomic E-state index is 12.3. The van der Waals surface area contributed by atoms with Crippen LogP contribution in [0.3, 0.4) is 0 Å². The minimum atomic E-state index is -0.987. The van der Waals surface area contributed by atoms with E-state index in [9.17, 15) is 14.7 Å². The normalized spacial score (nSPS) is 18.0. The van der Waals surface area contributed by atoms with Gasteiger partial charge in [-0.3, -0.25) is 9.48 Å². The van der Waals surface area contributed by atoms with Gasteiger partial charge in [0.2, 0.25) is 0 Å². The van der Waals surface area contributed by atoms with Gasteiger partial charge in [-0.05, 0) is 31.0 Å². The first-order chi connectivity index (χ1) is 11.1. The molecule has 3 heterocycles. The summed E-state index contributed by atoms with van der Waals surface area (Å²) in [7, 11) is 0. The van der Waals surface area contributed by atoms with Gasteiger partial charge in [0.15, 0.2) is 0 Å². The number of hydrogen-bond acceptors (Lipinski definition) is 4. The molecule has 0 saturated carbocycles. The van der Waals surface area contributed by atoms with Crippen LogP contribution in [0.25, 0.3) is 21.8 Å². The van der Waals surface area contributed by atoms with Gasteiger partial charge in [0, 0.05) is 12.0 Å². The molecule has 1 aliphatic heterocycles. The molecule has 1 aromatic carbocycles. The molecule has 0 amide bonds. The number of carboxylic acids is 1. The number of H-pyrrole nitrogens is 1. The zero-order valence-electron chi connectivity index (χ0n) is 12.5. The van der Waals surface area contributed by atoms with E-state index in [4.69, 9.17) is 4.74 Å². The van der Waals surface area contributed by atoms with E-state index in [0.717, 1.165) is 6.42 Å². The van der Waals surface area contributed by atoms with Crippen LogP contribution in [0.5, 0.6) is 0 Å². The molecule has 118 valence electrons. The molecule has 0 bridgehead atoms. The molecule has 1 saturated heterocycles. The number of aromatic carboxylic acids is 1. The number of nitrogens with zero attached hydrogens (tertiary/aromatic N) is 2. The van der Waals surface area contributed by atoms with Crippen molar-refractivity contribution in [1.29, 1.82) is 0 Å². The van der Waals surface area contributed by atoms with Gasteiger partial charge in [-0.25, -0.2) is 4.79 Å². The Bertz CT molecular complexity index is 996. The van der Waals surface area contributed by atoms with Gasteiger partial charge in [0.25, 0.3) is 5.56 Å². The standard InChI is InChI=1S/C16H15N3O4/c1-8-4-13-11(5-10(8)16(21)22)14-12(15(20)18-13)6-17-19(14)9-2-3-23-7-9/h4-6,9H,2-3,7H2,1H3,(H,18,20)(H,21,22)/t9-/m0/s1. The second-order valence-electron chi connectivity index (χ2n) is 5.84. The number of ether oxygens (including phenoxy) is 1. The average Bonchev–Trinajstić information content (AvgIpc) is 3.15. The van der Waals surface area contributed by atoms with E-state index in [-0.39, 0.29) is 17.2 Å². The summed E-state index contributed by atoms with van der Waals surface area (Å²) in [5.41, 5.74) is 1.89. The Labute approximate surface area is 130 Å². The fourth-order valence-corrected chi connectivity index (χ4v) is 3.22. The van der Waals surface area contributed by atoms with Gasteiger partial charge < -0.3 is 14.8 Å². The van der Waals surface area contributed by atoms with E-state index in [1.807, 2.05) is 0 Å². The van der Waals surface area contributed by atoms with Crippen LogP contribution in [0, 0.1) is 6.92 Å².